The maximum absolute atomic E-state index is 14.7. The molecule has 15 nitrogen and oxygen atoms in total. The van der Waals surface area contributed by atoms with E-state index in [1.807, 2.05) is 12.2 Å². The first-order valence-electron chi connectivity index (χ1n) is 17.9. The van der Waals surface area contributed by atoms with Crippen LogP contribution in [0.2, 0.25) is 0 Å². The summed E-state index contributed by atoms with van der Waals surface area (Å²) in [4.78, 5) is 74.2. The highest BCUT2D eigenvalue weighted by Gasteiger charge is 2.62. The predicted octanol–water partition coefficient (Wildman–Crippen LogP) is 2.33. The zero-order chi connectivity index (χ0) is 37.5. The van der Waals surface area contributed by atoms with Gasteiger partial charge in [-0.15, -0.1) is 0 Å². The Bertz CT molecular complexity index is 2090. The van der Waals surface area contributed by atoms with Gasteiger partial charge in [0, 0.05) is 18.5 Å². The largest absolute Gasteiger partial charge is 0.471 e. The normalized spacial score (nSPS) is 27.0. The molecule has 280 valence electrons. The fourth-order valence-electron chi connectivity index (χ4n) is 6.97. The molecular formula is C36H41FN8O7S. The molecule has 2 saturated carbocycles. The smallest absolute Gasteiger partial charge is 0.272 e. The minimum absolute atomic E-state index is 0.00122. The quantitative estimate of drug-likeness (QED) is 0.300. The van der Waals surface area contributed by atoms with E-state index >= 15 is 0 Å². The summed E-state index contributed by atoms with van der Waals surface area (Å²) in [6.07, 6.45) is 9.74. The van der Waals surface area contributed by atoms with Crippen LogP contribution in [0.3, 0.4) is 0 Å². The number of para-hydroxylation sites is 1. The van der Waals surface area contributed by atoms with Crippen LogP contribution < -0.4 is 20.1 Å². The number of fused-ring (bicyclic) bond motifs is 3. The number of carbonyl (C=O) groups is 4. The van der Waals surface area contributed by atoms with Crippen LogP contribution in [-0.2, 0) is 24.4 Å². The van der Waals surface area contributed by atoms with Gasteiger partial charge in [0.25, 0.3) is 11.8 Å². The second kappa shape index (κ2) is 14.4. The molecule has 7 rings (SSSR count). The molecule has 0 bridgehead atoms. The number of ether oxygens (including phenoxy) is 1. The monoisotopic (exact) mass is 748 g/mol. The number of nitrogens with one attached hydrogen (secondary N) is 3. The van der Waals surface area contributed by atoms with Crippen LogP contribution in [0, 0.1) is 25.6 Å². The number of nitrogens with zero attached hydrogens (tertiary/aromatic N) is 5. The van der Waals surface area contributed by atoms with Crippen molar-refractivity contribution in [2.24, 2.45) is 5.92 Å². The van der Waals surface area contributed by atoms with Gasteiger partial charge in [-0.1, -0.05) is 31.1 Å². The van der Waals surface area contributed by atoms with Crippen LogP contribution in [-0.4, -0.2) is 92.4 Å². The van der Waals surface area contributed by atoms with Crippen molar-refractivity contribution < 1.29 is 36.7 Å². The number of sulfonamides is 1. The number of allylic oxidation sites excluding steroid dienone is 1. The number of hydrogen-bond donors (Lipinski definition) is 3. The third-order valence-corrected chi connectivity index (χ3v) is 12.0. The fraction of sp³-hybridized carbons (Fsp3) is 0.500. The van der Waals surface area contributed by atoms with Crippen LogP contribution in [0.4, 0.5) is 4.39 Å². The molecule has 2 aliphatic heterocycles. The minimum atomic E-state index is -3.92. The van der Waals surface area contributed by atoms with E-state index in [0.717, 1.165) is 12.8 Å². The molecule has 0 spiro atoms. The number of benzene rings is 1. The first kappa shape index (κ1) is 36.3. The van der Waals surface area contributed by atoms with Gasteiger partial charge in [-0.25, -0.2) is 27.8 Å². The van der Waals surface area contributed by atoms with E-state index in [9.17, 15) is 32.0 Å². The average Bonchev–Trinajstić information content (AvgIpc) is 4.05. The Morgan fingerprint density at radius 3 is 2.62 bits per heavy atom. The molecule has 1 aromatic carbocycles. The molecule has 0 unspecified atom stereocenters. The van der Waals surface area contributed by atoms with E-state index < -0.39 is 74.4 Å². The fourth-order valence-corrected chi connectivity index (χ4v) is 8.34. The van der Waals surface area contributed by atoms with Gasteiger partial charge in [0.1, 0.15) is 40.6 Å². The Morgan fingerprint density at radius 1 is 1.06 bits per heavy atom. The molecule has 17 heteroatoms. The highest BCUT2D eigenvalue weighted by Crippen LogP contribution is 2.46. The summed E-state index contributed by atoms with van der Waals surface area (Å²) in [6.45, 7) is 3.27. The maximum atomic E-state index is 14.7. The van der Waals surface area contributed by atoms with Gasteiger partial charge < -0.3 is 20.3 Å². The summed E-state index contributed by atoms with van der Waals surface area (Å²) in [6, 6.07) is 2.16. The van der Waals surface area contributed by atoms with Crippen molar-refractivity contribution in [3.8, 4) is 5.88 Å². The molecule has 3 N–H and O–H groups in total. The molecule has 3 fully saturated rings. The number of aryl methyl sites for hydroxylation is 2. The Balaban J connectivity index is 1.20. The van der Waals surface area contributed by atoms with E-state index in [4.69, 9.17) is 4.74 Å². The Labute approximate surface area is 305 Å². The number of aromatic nitrogens is 4. The van der Waals surface area contributed by atoms with Gasteiger partial charge in [-0.3, -0.25) is 28.9 Å². The Kier molecular flexibility index (Phi) is 9.86. The van der Waals surface area contributed by atoms with Crippen LogP contribution in [0.25, 0.3) is 11.0 Å². The number of hydrogen-bond acceptors (Lipinski definition) is 11. The number of amides is 4. The third-order valence-electron chi connectivity index (χ3n) is 10.2. The van der Waals surface area contributed by atoms with E-state index in [-0.39, 0.29) is 42.9 Å². The summed E-state index contributed by atoms with van der Waals surface area (Å²) in [5, 5.41) is 4.97. The maximum Gasteiger partial charge on any atom is 0.272 e. The van der Waals surface area contributed by atoms with Gasteiger partial charge in [0.2, 0.25) is 27.7 Å². The molecule has 3 aromatic rings. The number of carbonyl (C=O) groups excluding carboxylic acids is 4. The van der Waals surface area contributed by atoms with Gasteiger partial charge in [-0.2, -0.15) is 0 Å². The molecule has 2 aromatic heterocycles. The lowest BCUT2D eigenvalue weighted by molar-refractivity contribution is -0.141. The van der Waals surface area contributed by atoms with Gasteiger partial charge in [0.15, 0.2) is 5.82 Å². The lowest BCUT2D eigenvalue weighted by atomic mass is 10.0. The van der Waals surface area contributed by atoms with Crippen molar-refractivity contribution in [2.45, 2.75) is 101 Å². The minimum Gasteiger partial charge on any atom is -0.471 e. The third kappa shape index (κ3) is 7.70. The molecule has 2 aliphatic carbocycles. The molecular weight excluding hydrogens is 708 g/mol. The van der Waals surface area contributed by atoms with Crippen molar-refractivity contribution >= 4 is 44.7 Å². The van der Waals surface area contributed by atoms with Crippen molar-refractivity contribution in [1.82, 2.24) is 40.2 Å². The summed E-state index contributed by atoms with van der Waals surface area (Å²) in [5.41, 5.74) is -0.208. The van der Waals surface area contributed by atoms with Crippen molar-refractivity contribution in [1.29, 1.82) is 0 Å². The van der Waals surface area contributed by atoms with Crippen molar-refractivity contribution in [3.63, 3.8) is 0 Å². The van der Waals surface area contributed by atoms with Crippen LogP contribution in [0.15, 0.2) is 42.7 Å². The molecule has 4 aliphatic rings. The zero-order valence-electron chi connectivity index (χ0n) is 29.4. The van der Waals surface area contributed by atoms with Gasteiger partial charge in [-0.05, 0) is 64.5 Å². The highest BCUT2D eigenvalue weighted by atomic mass is 32.2. The lowest BCUT2D eigenvalue weighted by Gasteiger charge is -2.29. The number of halogens is 1. The first-order chi connectivity index (χ1) is 25.3. The summed E-state index contributed by atoms with van der Waals surface area (Å²) < 4.78 is 48.7. The zero-order valence-corrected chi connectivity index (χ0v) is 30.2. The van der Waals surface area contributed by atoms with E-state index in [1.54, 1.807) is 19.9 Å². The second-order valence-corrected chi connectivity index (χ2v) is 16.2. The van der Waals surface area contributed by atoms with Crippen molar-refractivity contribution in [3.05, 3.63) is 65.6 Å². The van der Waals surface area contributed by atoms with Crippen LogP contribution in [0.5, 0.6) is 5.88 Å². The van der Waals surface area contributed by atoms with Gasteiger partial charge in [0.05, 0.1) is 29.2 Å². The molecule has 4 amide bonds. The first-order valence-corrected chi connectivity index (χ1v) is 19.4. The molecule has 0 radical (unpaired) electrons. The standard InChI is InChI=1S/C36H41FN8O7S/c1-20-17-39-28(18-38-20)31(46)41-27-11-7-5-3-4-6-9-22-16-36(22,35(49)44-53(50,51)24-13-14-24)43-32(47)29-15-23(19-45(29)34(27)48)52-33-21(2)40-26-12-8-10-25(37)30(26)42-33/h6,8-10,12,17-18,22-24,27,29H,3-5,7,11,13-16,19H2,1-2H3,(H,41,46)(H,43,47)(H,44,49)/b9-6-/t22-,23-,27+,29+,36-/m1/s1. The molecule has 5 atom stereocenters. The van der Waals surface area contributed by atoms with E-state index in [0.29, 0.717) is 42.6 Å². The van der Waals surface area contributed by atoms with E-state index in [2.05, 4.69) is 35.3 Å². The molecule has 4 heterocycles. The predicted molar refractivity (Wildman–Crippen MR) is 188 cm³/mol. The van der Waals surface area contributed by atoms with Crippen LogP contribution >= 0.6 is 0 Å². The lowest BCUT2D eigenvalue weighted by Crippen LogP contribution is -2.58. The summed E-state index contributed by atoms with van der Waals surface area (Å²) in [5.74, 6) is -3.69. The molecule has 53 heavy (non-hydrogen) atoms. The Morgan fingerprint density at radius 2 is 1.87 bits per heavy atom. The molecule has 1 saturated heterocycles. The Hall–Kier alpha value is -5.06. The number of rotatable bonds is 7. The van der Waals surface area contributed by atoms with E-state index in [1.165, 1.54) is 29.4 Å². The topological polar surface area (TPSA) is 203 Å². The van der Waals surface area contributed by atoms with Crippen molar-refractivity contribution in [2.75, 3.05) is 6.54 Å². The summed E-state index contributed by atoms with van der Waals surface area (Å²) in [7, 11) is -3.92. The SMILES string of the molecule is Cc1cnc(C(=O)N[C@H]2CCCCC/C=C\[C@@H]3C[C@@]3(C(=O)NS(=O)(=O)C3CC3)NC(=O)[C@@H]3C[C@@H](Oc4nc5c(F)cccc5nc4C)CN3C2=O)cn1. The van der Waals surface area contributed by atoms with Crippen LogP contribution in [0.1, 0.15) is 79.7 Å². The summed E-state index contributed by atoms with van der Waals surface area (Å²) >= 11 is 0. The average molecular weight is 749 g/mol. The van der Waals surface area contributed by atoms with Gasteiger partial charge >= 0.3 is 0 Å². The highest BCUT2D eigenvalue weighted by molar-refractivity contribution is 7.91. The second-order valence-electron chi connectivity index (χ2n) is 14.3.